The average Bonchev–Trinajstić information content (AvgIpc) is 3.17. The third-order valence-corrected chi connectivity index (χ3v) is 4.57. The van der Waals surface area contributed by atoms with Crippen LogP contribution in [0.15, 0.2) is 0 Å². The van der Waals surface area contributed by atoms with Crippen molar-refractivity contribution in [1.29, 1.82) is 0 Å². The third kappa shape index (κ3) is 4.43. The number of carbonyl (C=O) groups excluding carboxylic acids is 2. The fraction of sp³-hybridized carbons (Fsp3) is 0.875. The molecule has 1 atom stereocenters. The van der Waals surface area contributed by atoms with Crippen molar-refractivity contribution >= 4 is 11.8 Å². The van der Waals surface area contributed by atoms with Crippen LogP contribution in [0.5, 0.6) is 0 Å². The zero-order chi connectivity index (χ0) is 15.1. The number of rotatable bonds is 7. The Bertz CT molecular complexity index is 353. The van der Waals surface area contributed by atoms with Crippen molar-refractivity contribution < 1.29 is 9.59 Å². The molecule has 5 heteroatoms. The van der Waals surface area contributed by atoms with Crippen molar-refractivity contribution in [1.82, 2.24) is 15.5 Å². The Hall–Kier alpha value is -1.10. The van der Waals surface area contributed by atoms with Crippen molar-refractivity contribution in [3.05, 3.63) is 0 Å². The number of carbonyl (C=O) groups is 2. The van der Waals surface area contributed by atoms with Crippen molar-refractivity contribution in [3.63, 3.8) is 0 Å². The van der Waals surface area contributed by atoms with Crippen molar-refractivity contribution in [2.45, 2.75) is 57.9 Å². The summed E-state index contributed by atoms with van der Waals surface area (Å²) in [5, 5.41) is 6.23. The first-order valence-corrected chi connectivity index (χ1v) is 8.53. The summed E-state index contributed by atoms with van der Waals surface area (Å²) >= 11 is 0. The van der Waals surface area contributed by atoms with Gasteiger partial charge in [-0.1, -0.05) is 19.8 Å². The largest absolute Gasteiger partial charge is 0.353 e. The van der Waals surface area contributed by atoms with E-state index in [1.807, 2.05) is 4.90 Å². The Morgan fingerprint density at radius 3 is 2.52 bits per heavy atom. The second-order valence-corrected chi connectivity index (χ2v) is 6.21. The molecule has 2 amide bonds. The van der Waals surface area contributed by atoms with Crippen molar-refractivity contribution in [2.75, 3.05) is 26.2 Å². The van der Waals surface area contributed by atoms with Gasteiger partial charge >= 0.3 is 0 Å². The zero-order valence-electron chi connectivity index (χ0n) is 13.2. The van der Waals surface area contributed by atoms with E-state index in [9.17, 15) is 9.59 Å². The molecule has 0 aromatic heterocycles. The van der Waals surface area contributed by atoms with E-state index in [4.69, 9.17) is 0 Å². The van der Waals surface area contributed by atoms with Gasteiger partial charge in [0.25, 0.3) is 0 Å². The number of nitrogens with one attached hydrogen (secondary N) is 2. The predicted molar refractivity (Wildman–Crippen MR) is 82.9 cm³/mol. The first-order valence-electron chi connectivity index (χ1n) is 8.53. The number of hydrogen-bond acceptors (Lipinski definition) is 3. The van der Waals surface area contributed by atoms with E-state index in [0.29, 0.717) is 6.54 Å². The molecule has 1 aliphatic carbocycles. The highest BCUT2D eigenvalue weighted by Crippen LogP contribution is 2.29. The second kappa shape index (κ2) is 8.37. The van der Waals surface area contributed by atoms with Gasteiger partial charge in [-0.05, 0) is 38.6 Å². The lowest BCUT2D eigenvalue weighted by atomic mass is 10.1. The minimum absolute atomic E-state index is 0.0251. The third-order valence-electron chi connectivity index (χ3n) is 4.57. The van der Waals surface area contributed by atoms with E-state index in [-0.39, 0.29) is 23.8 Å². The highest BCUT2D eigenvalue weighted by Gasteiger charge is 2.37. The Kier molecular flexibility index (Phi) is 6.49. The first-order chi connectivity index (χ1) is 10.2. The molecule has 5 nitrogen and oxygen atoms in total. The number of likely N-dealkylation sites (tertiary alicyclic amines) is 1. The molecule has 1 saturated carbocycles. The van der Waals surface area contributed by atoms with Crippen LogP contribution in [0.2, 0.25) is 0 Å². The molecular formula is C16H29N3O2. The van der Waals surface area contributed by atoms with Gasteiger partial charge in [-0.2, -0.15) is 0 Å². The van der Waals surface area contributed by atoms with Crippen LogP contribution in [-0.2, 0) is 9.59 Å². The van der Waals surface area contributed by atoms with Crippen LogP contribution in [0.4, 0.5) is 0 Å². The molecule has 0 aromatic carbocycles. The van der Waals surface area contributed by atoms with E-state index < -0.39 is 0 Å². The molecular weight excluding hydrogens is 266 g/mol. The fourth-order valence-corrected chi connectivity index (χ4v) is 3.40. The topological polar surface area (TPSA) is 61.4 Å². The molecule has 1 saturated heterocycles. The van der Waals surface area contributed by atoms with Gasteiger partial charge in [0.2, 0.25) is 11.8 Å². The van der Waals surface area contributed by atoms with Gasteiger partial charge in [-0.15, -0.1) is 0 Å². The van der Waals surface area contributed by atoms with Crippen LogP contribution < -0.4 is 10.6 Å². The summed E-state index contributed by atoms with van der Waals surface area (Å²) in [5.41, 5.74) is 0. The maximum absolute atomic E-state index is 12.5. The molecule has 1 aliphatic heterocycles. The van der Waals surface area contributed by atoms with Crippen LogP contribution in [0, 0.1) is 5.92 Å². The van der Waals surface area contributed by atoms with Gasteiger partial charge in [0.05, 0.1) is 0 Å². The van der Waals surface area contributed by atoms with Crippen molar-refractivity contribution in [3.8, 4) is 0 Å². The lowest BCUT2D eigenvalue weighted by Crippen LogP contribution is -2.48. The molecule has 2 aliphatic rings. The molecule has 0 bridgehead atoms. The van der Waals surface area contributed by atoms with Gasteiger partial charge in [-0.3, -0.25) is 9.59 Å². The standard InChI is InChI=1S/C16H29N3O2/c1-2-9-17-10-11-18-15(20)14-8-5-12-19(14)16(21)13-6-3-4-7-13/h13-14,17H,2-12H2,1H3,(H,18,20). The number of amides is 2. The van der Waals surface area contributed by atoms with E-state index >= 15 is 0 Å². The fourth-order valence-electron chi connectivity index (χ4n) is 3.40. The SMILES string of the molecule is CCCNCCNC(=O)C1CCCN1C(=O)C1CCCC1. The summed E-state index contributed by atoms with van der Waals surface area (Å²) in [6.45, 7) is 5.29. The van der Waals surface area contributed by atoms with Crippen molar-refractivity contribution in [2.24, 2.45) is 5.92 Å². The van der Waals surface area contributed by atoms with Gasteiger partial charge in [0, 0.05) is 25.6 Å². The zero-order valence-corrected chi connectivity index (χ0v) is 13.2. The molecule has 2 fully saturated rings. The molecule has 2 N–H and O–H groups in total. The van der Waals surface area contributed by atoms with Crippen LogP contribution >= 0.6 is 0 Å². The lowest BCUT2D eigenvalue weighted by molar-refractivity contribution is -0.141. The maximum atomic E-state index is 12.5. The highest BCUT2D eigenvalue weighted by atomic mass is 16.2. The van der Waals surface area contributed by atoms with Gasteiger partial charge in [-0.25, -0.2) is 0 Å². The molecule has 0 spiro atoms. The first kappa shape index (κ1) is 16.3. The van der Waals surface area contributed by atoms with Crippen LogP contribution in [-0.4, -0.2) is 48.9 Å². The van der Waals surface area contributed by atoms with Gasteiger partial charge in [0.1, 0.15) is 6.04 Å². The van der Waals surface area contributed by atoms with Crippen LogP contribution in [0.1, 0.15) is 51.9 Å². The Balaban J connectivity index is 1.77. The van der Waals surface area contributed by atoms with Crippen LogP contribution in [0.3, 0.4) is 0 Å². The Morgan fingerprint density at radius 2 is 1.81 bits per heavy atom. The molecule has 1 unspecified atom stereocenters. The summed E-state index contributed by atoms with van der Waals surface area (Å²) in [5.74, 6) is 0.413. The maximum Gasteiger partial charge on any atom is 0.242 e. The molecule has 120 valence electrons. The monoisotopic (exact) mass is 295 g/mol. The average molecular weight is 295 g/mol. The summed E-state index contributed by atoms with van der Waals surface area (Å²) in [7, 11) is 0. The quantitative estimate of drug-likeness (QED) is 0.696. The number of hydrogen-bond donors (Lipinski definition) is 2. The minimum atomic E-state index is -0.232. The molecule has 21 heavy (non-hydrogen) atoms. The smallest absolute Gasteiger partial charge is 0.242 e. The summed E-state index contributed by atoms with van der Waals surface area (Å²) in [4.78, 5) is 26.6. The van der Waals surface area contributed by atoms with Gasteiger partial charge < -0.3 is 15.5 Å². The van der Waals surface area contributed by atoms with E-state index in [2.05, 4.69) is 17.6 Å². The summed E-state index contributed by atoms with van der Waals surface area (Å²) in [6.07, 6.45) is 7.18. The molecule has 0 radical (unpaired) electrons. The summed E-state index contributed by atoms with van der Waals surface area (Å²) in [6, 6.07) is -0.232. The normalized spacial score (nSPS) is 22.7. The van der Waals surface area contributed by atoms with E-state index in [1.165, 1.54) is 0 Å². The van der Waals surface area contributed by atoms with E-state index in [0.717, 1.165) is 64.6 Å². The minimum Gasteiger partial charge on any atom is -0.353 e. The molecule has 0 aromatic rings. The summed E-state index contributed by atoms with van der Waals surface area (Å²) < 4.78 is 0. The van der Waals surface area contributed by atoms with Crippen LogP contribution in [0.25, 0.3) is 0 Å². The predicted octanol–water partition coefficient (Wildman–Crippen LogP) is 1.28. The highest BCUT2D eigenvalue weighted by molar-refractivity contribution is 5.89. The van der Waals surface area contributed by atoms with E-state index in [1.54, 1.807) is 0 Å². The lowest BCUT2D eigenvalue weighted by Gasteiger charge is -2.26. The molecule has 1 heterocycles. The molecule has 2 rings (SSSR count). The second-order valence-electron chi connectivity index (χ2n) is 6.21. The Labute approximate surface area is 127 Å². The van der Waals surface area contributed by atoms with Gasteiger partial charge in [0.15, 0.2) is 0 Å². The Morgan fingerprint density at radius 1 is 1.05 bits per heavy atom. The number of nitrogens with zero attached hydrogens (tertiary/aromatic N) is 1.